The lowest BCUT2D eigenvalue weighted by molar-refractivity contribution is -0.870. The van der Waals surface area contributed by atoms with Crippen LogP contribution in [-0.2, 0) is 19.2 Å². The van der Waals surface area contributed by atoms with Crippen LogP contribution in [0.1, 0.15) is 56.6 Å². The van der Waals surface area contributed by atoms with E-state index in [1.54, 1.807) is 23.1 Å². The lowest BCUT2D eigenvalue weighted by atomic mass is 9.92. The highest BCUT2D eigenvalue weighted by molar-refractivity contribution is 7.81. The predicted molar refractivity (Wildman–Crippen MR) is 163 cm³/mol. The zero-order valence-electron chi connectivity index (χ0n) is 25.1. The standard InChI is InChI=1S/C30H47N5O6S/c1-35(2,3)15-8-5-12-24-30(40)34-25(29(39)33-24)19-23(27(34)21-10-9-11-22(18-21)41-17-16-36)28(38)32-14-7-4-6-13-31-26(37)20-42/h9-11,18,23-25,27,36H,4-8,12-17,19-20H2,1-3H3,(H3-,31,32,33,37,38,39,42)/p+1/t23-,24-,25-,27-/m0/s1. The normalized spacial score (nSPS) is 22.0. The fourth-order valence-corrected chi connectivity index (χ4v) is 5.79. The number of thiol groups is 1. The van der Waals surface area contributed by atoms with Crippen molar-refractivity contribution >= 4 is 36.3 Å². The monoisotopic (exact) mass is 606 g/mol. The molecule has 0 aliphatic carbocycles. The summed E-state index contributed by atoms with van der Waals surface area (Å²) in [7, 11) is 6.38. The number of quaternary nitrogens is 1. The summed E-state index contributed by atoms with van der Waals surface area (Å²) in [5.41, 5.74) is 0.722. The molecule has 4 amide bonds. The zero-order valence-corrected chi connectivity index (χ0v) is 26.0. The zero-order chi connectivity index (χ0) is 30.7. The van der Waals surface area contributed by atoms with Crippen LogP contribution < -0.4 is 20.7 Å². The number of amides is 4. The second kappa shape index (κ2) is 16.1. The fraction of sp³-hybridized carbons (Fsp3) is 0.667. The van der Waals surface area contributed by atoms with Gasteiger partial charge in [0.25, 0.3) is 0 Å². The average molecular weight is 607 g/mol. The highest BCUT2D eigenvalue weighted by atomic mass is 32.1. The van der Waals surface area contributed by atoms with Crippen molar-refractivity contribution < 1.29 is 33.5 Å². The Morgan fingerprint density at radius 2 is 1.83 bits per heavy atom. The second-order valence-corrected chi connectivity index (χ2v) is 12.4. The van der Waals surface area contributed by atoms with Gasteiger partial charge < -0.3 is 35.2 Å². The molecule has 4 N–H and O–H groups in total. The molecule has 2 aliphatic rings. The highest BCUT2D eigenvalue weighted by Crippen LogP contribution is 2.44. The van der Waals surface area contributed by atoms with Crippen LogP contribution in [0.2, 0.25) is 0 Å². The molecule has 11 nitrogen and oxygen atoms in total. The van der Waals surface area contributed by atoms with Gasteiger partial charge in [0, 0.05) is 13.1 Å². The van der Waals surface area contributed by atoms with Crippen molar-refractivity contribution in [1.82, 2.24) is 20.9 Å². The quantitative estimate of drug-likeness (QED) is 0.102. The molecule has 2 saturated heterocycles. The van der Waals surface area contributed by atoms with E-state index in [9.17, 15) is 24.3 Å². The van der Waals surface area contributed by atoms with E-state index in [0.717, 1.165) is 48.7 Å². The number of benzene rings is 1. The SMILES string of the molecule is C[N+](C)(C)CCCC[C@@H]1NC(=O)[C@@H]2C[C@H](C(=O)NCCCCCNC(=O)CS)[C@H](c3cccc(OCCO)c3)N2C1=O. The number of piperazine rings is 1. The van der Waals surface area contributed by atoms with Crippen LogP contribution in [0.25, 0.3) is 0 Å². The largest absolute Gasteiger partial charge is 0.491 e. The van der Waals surface area contributed by atoms with Crippen LogP contribution in [0.15, 0.2) is 24.3 Å². The molecule has 1 aromatic rings. The third-order valence-electron chi connectivity index (χ3n) is 7.75. The van der Waals surface area contributed by atoms with Crippen LogP contribution in [0.5, 0.6) is 5.75 Å². The van der Waals surface area contributed by atoms with E-state index in [1.807, 2.05) is 6.07 Å². The Balaban J connectivity index is 1.72. The summed E-state index contributed by atoms with van der Waals surface area (Å²) >= 11 is 3.94. The molecule has 0 unspecified atom stereocenters. The Kier molecular flexibility index (Phi) is 12.9. The van der Waals surface area contributed by atoms with Gasteiger partial charge in [0.05, 0.1) is 52.0 Å². The van der Waals surface area contributed by atoms with Gasteiger partial charge in [-0.15, -0.1) is 0 Å². The van der Waals surface area contributed by atoms with Crippen LogP contribution in [-0.4, -0.2) is 110 Å². The van der Waals surface area contributed by atoms with E-state index >= 15 is 0 Å². The van der Waals surface area contributed by atoms with Crippen molar-refractivity contribution in [3.8, 4) is 5.75 Å². The van der Waals surface area contributed by atoms with Gasteiger partial charge >= 0.3 is 0 Å². The molecule has 4 atom stereocenters. The number of nitrogens with one attached hydrogen (secondary N) is 3. The van der Waals surface area contributed by atoms with Crippen molar-refractivity contribution in [1.29, 1.82) is 0 Å². The molecule has 234 valence electrons. The number of carbonyl (C=O) groups excluding carboxylic acids is 4. The topological polar surface area (TPSA) is 137 Å². The number of fused-ring (bicyclic) bond motifs is 1. The summed E-state index contributed by atoms with van der Waals surface area (Å²) in [6.07, 6.45) is 4.89. The van der Waals surface area contributed by atoms with Crippen molar-refractivity contribution in [2.45, 2.75) is 63.1 Å². The minimum Gasteiger partial charge on any atom is -0.491 e. The maximum absolute atomic E-state index is 13.9. The van der Waals surface area contributed by atoms with Gasteiger partial charge in [-0.1, -0.05) is 12.1 Å². The molecule has 0 radical (unpaired) electrons. The van der Waals surface area contributed by atoms with Crippen molar-refractivity contribution in [3.05, 3.63) is 29.8 Å². The van der Waals surface area contributed by atoms with Crippen molar-refractivity contribution in [3.63, 3.8) is 0 Å². The number of hydrogen-bond donors (Lipinski definition) is 5. The van der Waals surface area contributed by atoms with Crippen molar-refractivity contribution in [2.24, 2.45) is 5.92 Å². The average Bonchev–Trinajstić information content (AvgIpc) is 3.37. The molecular formula is C30H48N5O6S+. The van der Waals surface area contributed by atoms with Crippen LogP contribution >= 0.6 is 12.6 Å². The van der Waals surface area contributed by atoms with E-state index < -0.39 is 24.0 Å². The number of unbranched alkanes of at least 4 members (excludes halogenated alkanes) is 3. The molecule has 0 aromatic heterocycles. The van der Waals surface area contributed by atoms with E-state index in [2.05, 4.69) is 49.7 Å². The summed E-state index contributed by atoms with van der Waals surface area (Å²) in [5, 5.41) is 17.9. The Morgan fingerprint density at radius 1 is 1.10 bits per heavy atom. The van der Waals surface area contributed by atoms with Gasteiger partial charge in [0.2, 0.25) is 23.6 Å². The Morgan fingerprint density at radius 3 is 2.52 bits per heavy atom. The third-order valence-corrected chi connectivity index (χ3v) is 8.04. The molecule has 0 spiro atoms. The molecule has 2 aliphatic heterocycles. The first-order valence-electron chi connectivity index (χ1n) is 15.0. The van der Waals surface area contributed by atoms with Gasteiger partial charge in [-0.3, -0.25) is 19.2 Å². The second-order valence-electron chi connectivity index (χ2n) is 12.1. The molecule has 2 fully saturated rings. The molecule has 2 heterocycles. The number of hydrogen-bond acceptors (Lipinski definition) is 7. The number of ether oxygens (including phenoxy) is 1. The van der Waals surface area contributed by atoms with Gasteiger partial charge in [0.15, 0.2) is 0 Å². The maximum Gasteiger partial charge on any atom is 0.246 e. The van der Waals surface area contributed by atoms with Gasteiger partial charge in [-0.2, -0.15) is 12.6 Å². The highest BCUT2D eigenvalue weighted by Gasteiger charge is 2.54. The molecular weight excluding hydrogens is 558 g/mol. The Bertz CT molecular complexity index is 1080. The predicted octanol–water partition coefficient (Wildman–Crippen LogP) is 1.02. The molecule has 0 saturated carbocycles. The number of rotatable bonds is 17. The fourth-order valence-electron chi connectivity index (χ4n) is 5.68. The first-order chi connectivity index (χ1) is 20.1. The molecule has 1 aromatic carbocycles. The Labute approximate surface area is 254 Å². The summed E-state index contributed by atoms with van der Waals surface area (Å²) in [5.74, 6) is -0.599. The minimum absolute atomic E-state index is 0.105. The maximum atomic E-state index is 13.9. The first-order valence-corrected chi connectivity index (χ1v) is 15.6. The van der Waals surface area contributed by atoms with Crippen molar-refractivity contribution in [2.75, 3.05) is 59.7 Å². The molecule has 42 heavy (non-hydrogen) atoms. The smallest absolute Gasteiger partial charge is 0.246 e. The Hall–Kier alpha value is -2.83. The summed E-state index contributed by atoms with van der Waals surface area (Å²) in [4.78, 5) is 53.6. The minimum atomic E-state index is -0.724. The number of aliphatic hydroxyl groups is 1. The summed E-state index contributed by atoms with van der Waals surface area (Å²) in [6.45, 7) is 1.98. The first kappa shape index (κ1) is 33.7. The van der Waals surface area contributed by atoms with Gasteiger partial charge in [-0.25, -0.2) is 0 Å². The summed E-state index contributed by atoms with van der Waals surface area (Å²) in [6, 6.07) is 5.25. The van der Waals surface area contributed by atoms with Gasteiger partial charge in [-0.05, 0) is 62.6 Å². The molecule has 3 rings (SSSR count). The van der Waals surface area contributed by atoms with Gasteiger partial charge in [0.1, 0.15) is 24.4 Å². The lowest BCUT2D eigenvalue weighted by Crippen LogP contribution is -2.61. The molecule has 0 bridgehead atoms. The van der Waals surface area contributed by atoms with Crippen LogP contribution in [0, 0.1) is 5.92 Å². The van der Waals surface area contributed by atoms with E-state index in [0.29, 0.717) is 25.3 Å². The van der Waals surface area contributed by atoms with E-state index in [4.69, 9.17) is 4.74 Å². The number of nitrogens with zero attached hydrogens (tertiary/aromatic N) is 2. The summed E-state index contributed by atoms with van der Waals surface area (Å²) < 4.78 is 6.45. The van der Waals surface area contributed by atoms with Crippen LogP contribution in [0.3, 0.4) is 0 Å². The lowest BCUT2D eigenvalue weighted by Gasteiger charge is -2.38. The molecule has 12 heteroatoms. The van der Waals surface area contributed by atoms with Crippen LogP contribution in [0.4, 0.5) is 0 Å². The van der Waals surface area contributed by atoms with E-state index in [1.165, 1.54) is 0 Å². The number of carbonyl (C=O) groups is 4. The third kappa shape index (κ3) is 9.60. The van der Waals surface area contributed by atoms with E-state index in [-0.39, 0.29) is 49.0 Å². The number of aliphatic hydroxyl groups excluding tert-OH is 1.